The van der Waals surface area contributed by atoms with Gasteiger partial charge >= 0.3 is 5.69 Å². The number of nitrogens with zero attached hydrogens (tertiary/aromatic N) is 5. The van der Waals surface area contributed by atoms with E-state index >= 15 is 0 Å². The van der Waals surface area contributed by atoms with Crippen LogP contribution in [0.4, 0.5) is 11.5 Å². The van der Waals surface area contributed by atoms with Crippen LogP contribution in [0.25, 0.3) is 11.4 Å². The Kier molecular flexibility index (Phi) is 8.91. The maximum Gasteiger partial charge on any atom is 0.330 e. The summed E-state index contributed by atoms with van der Waals surface area (Å²) in [6.45, 7) is 9.18. The van der Waals surface area contributed by atoms with E-state index in [2.05, 4.69) is 15.2 Å². The second-order valence-electron chi connectivity index (χ2n) is 8.60. The zero-order valence-corrected chi connectivity index (χ0v) is 21.5. The van der Waals surface area contributed by atoms with Gasteiger partial charge in [0.15, 0.2) is 16.7 Å². The lowest BCUT2D eigenvalue weighted by Crippen LogP contribution is -2.42. The average molecular weight is 500 g/mol. The van der Waals surface area contributed by atoms with Crippen LogP contribution in [0.15, 0.2) is 45.1 Å². The Balaban J connectivity index is 1.90. The number of aromatic amines is 1. The van der Waals surface area contributed by atoms with Crippen molar-refractivity contribution in [3.05, 3.63) is 51.2 Å². The van der Waals surface area contributed by atoms with E-state index in [1.807, 2.05) is 62.6 Å². The molecule has 10 nitrogen and oxygen atoms in total. The molecule has 0 aliphatic heterocycles. The summed E-state index contributed by atoms with van der Waals surface area (Å²) in [5.74, 6) is 0.613. The van der Waals surface area contributed by atoms with E-state index in [-0.39, 0.29) is 29.1 Å². The molecule has 11 heteroatoms. The Labute approximate surface area is 208 Å². The van der Waals surface area contributed by atoms with Crippen LogP contribution >= 0.6 is 11.8 Å². The summed E-state index contributed by atoms with van der Waals surface area (Å²) in [5, 5.41) is 9.22. The number of nitrogens with one attached hydrogen (secondary N) is 1. The SMILES string of the molecule is CCCCN(C(=O)CSc1nnc(-c2ccccc2)n1CC)c1c(N)n(CC(C)C)c(=O)[nH]c1=O. The Bertz CT molecular complexity index is 1260. The monoisotopic (exact) mass is 499 g/mol. The lowest BCUT2D eigenvalue weighted by molar-refractivity contribution is -0.116. The van der Waals surface area contributed by atoms with Crippen LogP contribution in [0, 0.1) is 5.92 Å². The molecule has 0 bridgehead atoms. The molecule has 3 aromatic rings. The first-order valence-corrected chi connectivity index (χ1v) is 12.8. The molecular formula is C24H33N7O3S. The normalized spacial score (nSPS) is 11.2. The topological polar surface area (TPSA) is 132 Å². The number of amides is 1. The molecule has 188 valence electrons. The number of unbranched alkanes of at least 4 members (excludes halogenated alkanes) is 1. The van der Waals surface area contributed by atoms with Crippen LogP contribution in [-0.2, 0) is 17.9 Å². The van der Waals surface area contributed by atoms with E-state index in [9.17, 15) is 14.4 Å². The highest BCUT2D eigenvalue weighted by Crippen LogP contribution is 2.25. The molecule has 2 aromatic heterocycles. The lowest BCUT2D eigenvalue weighted by atomic mass is 10.2. The number of H-pyrrole nitrogens is 1. The van der Waals surface area contributed by atoms with E-state index in [1.54, 1.807) is 0 Å². The van der Waals surface area contributed by atoms with Gasteiger partial charge in [0.2, 0.25) is 5.91 Å². The molecule has 35 heavy (non-hydrogen) atoms. The number of hydrogen-bond donors (Lipinski definition) is 2. The van der Waals surface area contributed by atoms with Crippen molar-refractivity contribution in [2.45, 2.75) is 58.8 Å². The Morgan fingerprint density at radius 3 is 2.49 bits per heavy atom. The minimum atomic E-state index is -0.662. The molecule has 0 aliphatic rings. The highest BCUT2D eigenvalue weighted by molar-refractivity contribution is 7.99. The molecule has 1 amide bonds. The first kappa shape index (κ1) is 26.3. The molecule has 2 heterocycles. The summed E-state index contributed by atoms with van der Waals surface area (Å²) >= 11 is 1.26. The van der Waals surface area contributed by atoms with Crippen LogP contribution in [0.5, 0.6) is 0 Å². The summed E-state index contributed by atoms with van der Waals surface area (Å²) in [5.41, 5.74) is 6.00. The molecule has 3 N–H and O–H groups in total. The lowest BCUT2D eigenvalue weighted by Gasteiger charge is -2.24. The third-order valence-corrected chi connectivity index (χ3v) is 6.41. The number of anilines is 2. The molecule has 0 radical (unpaired) electrons. The zero-order chi connectivity index (χ0) is 25.5. The fourth-order valence-corrected chi connectivity index (χ4v) is 4.63. The van der Waals surface area contributed by atoms with Gasteiger partial charge in [-0.2, -0.15) is 0 Å². The van der Waals surface area contributed by atoms with Gasteiger partial charge in [-0.1, -0.05) is 69.3 Å². The third kappa shape index (κ3) is 6.02. The molecule has 0 saturated carbocycles. The van der Waals surface area contributed by atoms with E-state index in [0.29, 0.717) is 31.2 Å². The highest BCUT2D eigenvalue weighted by Gasteiger charge is 2.25. The fourth-order valence-electron chi connectivity index (χ4n) is 3.75. The van der Waals surface area contributed by atoms with E-state index in [1.165, 1.54) is 21.2 Å². The first-order chi connectivity index (χ1) is 16.8. The summed E-state index contributed by atoms with van der Waals surface area (Å²) < 4.78 is 3.27. The third-order valence-electron chi connectivity index (χ3n) is 5.46. The van der Waals surface area contributed by atoms with Crippen LogP contribution < -0.4 is 21.9 Å². The number of carbonyl (C=O) groups is 1. The Hall–Kier alpha value is -3.34. The van der Waals surface area contributed by atoms with Gasteiger partial charge in [0, 0.05) is 25.2 Å². The standard InChI is InChI=1S/C24H33N7O3S/c1-5-7-13-30(19-20(25)31(14-16(3)4)23(34)26-22(19)33)18(32)15-35-24-28-27-21(29(24)6-2)17-11-9-8-10-12-17/h8-12,16H,5-7,13-15,25H2,1-4H3,(H,26,33,34). The molecule has 1 aromatic carbocycles. The van der Waals surface area contributed by atoms with Crippen molar-refractivity contribution in [3.8, 4) is 11.4 Å². The van der Waals surface area contributed by atoms with Crippen molar-refractivity contribution in [1.29, 1.82) is 0 Å². The van der Waals surface area contributed by atoms with Gasteiger partial charge < -0.3 is 15.2 Å². The van der Waals surface area contributed by atoms with E-state index < -0.39 is 11.2 Å². The molecule has 0 spiro atoms. The minimum absolute atomic E-state index is 0.00462. The van der Waals surface area contributed by atoms with Crippen LogP contribution in [0.3, 0.4) is 0 Å². The fraction of sp³-hybridized carbons (Fsp3) is 0.458. The summed E-state index contributed by atoms with van der Waals surface area (Å²) in [4.78, 5) is 42.2. The highest BCUT2D eigenvalue weighted by atomic mass is 32.2. The maximum absolute atomic E-state index is 13.4. The number of carbonyl (C=O) groups excluding carboxylic acids is 1. The van der Waals surface area contributed by atoms with Gasteiger partial charge in [-0.25, -0.2) is 4.79 Å². The maximum atomic E-state index is 13.4. The van der Waals surface area contributed by atoms with Crippen molar-refractivity contribution >= 4 is 29.2 Å². The van der Waals surface area contributed by atoms with E-state index in [0.717, 1.165) is 17.8 Å². The van der Waals surface area contributed by atoms with Crippen molar-refractivity contribution in [1.82, 2.24) is 24.3 Å². The molecular weight excluding hydrogens is 466 g/mol. The van der Waals surface area contributed by atoms with Crippen LogP contribution in [0.1, 0.15) is 40.5 Å². The van der Waals surface area contributed by atoms with Crippen molar-refractivity contribution in [2.24, 2.45) is 5.92 Å². The molecule has 0 saturated heterocycles. The summed E-state index contributed by atoms with van der Waals surface area (Å²) in [6.07, 6.45) is 1.51. The number of rotatable bonds is 11. The van der Waals surface area contributed by atoms with E-state index in [4.69, 9.17) is 5.73 Å². The number of benzene rings is 1. The minimum Gasteiger partial charge on any atom is -0.383 e. The Morgan fingerprint density at radius 2 is 1.86 bits per heavy atom. The smallest absolute Gasteiger partial charge is 0.330 e. The predicted molar refractivity (Wildman–Crippen MR) is 140 cm³/mol. The van der Waals surface area contributed by atoms with Crippen LogP contribution in [0.2, 0.25) is 0 Å². The number of aromatic nitrogens is 5. The Morgan fingerprint density at radius 1 is 1.14 bits per heavy atom. The molecule has 0 fully saturated rings. The second kappa shape index (κ2) is 11.9. The van der Waals surface area contributed by atoms with Crippen LogP contribution in [-0.4, -0.2) is 42.5 Å². The first-order valence-electron chi connectivity index (χ1n) is 11.8. The zero-order valence-electron chi connectivity index (χ0n) is 20.7. The van der Waals surface area contributed by atoms with Gasteiger partial charge in [0.1, 0.15) is 5.82 Å². The van der Waals surface area contributed by atoms with Crippen molar-refractivity contribution in [3.63, 3.8) is 0 Å². The van der Waals surface area contributed by atoms with Crippen molar-refractivity contribution < 1.29 is 4.79 Å². The summed E-state index contributed by atoms with van der Waals surface area (Å²) in [7, 11) is 0. The molecule has 3 rings (SSSR count). The second-order valence-corrected chi connectivity index (χ2v) is 9.54. The van der Waals surface area contributed by atoms with Gasteiger partial charge in [-0.05, 0) is 19.3 Å². The van der Waals surface area contributed by atoms with Gasteiger partial charge in [-0.3, -0.25) is 19.1 Å². The van der Waals surface area contributed by atoms with Gasteiger partial charge in [0.25, 0.3) is 5.56 Å². The molecule has 0 unspecified atom stereocenters. The van der Waals surface area contributed by atoms with Crippen molar-refractivity contribution in [2.75, 3.05) is 22.9 Å². The molecule has 0 aliphatic carbocycles. The number of nitrogens with two attached hydrogens (primary N) is 1. The largest absolute Gasteiger partial charge is 0.383 e. The molecule has 0 atom stereocenters. The number of nitrogen functional groups attached to an aromatic ring is 1. The van der Waals surface area contributed by atoms with Gasteiger partial charge in [0.05, 0.1) is 5.75 Å². The predicted octanol–water partition coefficient (Wildman–Crippen LogP) is 2.98. The van der Waals surface area contributed by atoms with Gasteiger partial charge in [-0.15, -0.1) is 10.2 Å². The average Bonchev–Trinajstić information content (AvgIpc) is 3.25. The number of thioether (sulfide) groups is 1. The quantitative estimate of drug-likeness (QED) is 0.388. The summed E-state index contributed by atoms with van der Waals surface area (Å²) in [6, 6.07) is 9.74. The number of hydrogen-bond acceptors (Lipinski definition) is 7.